The van der Waals surface area contributed by atoms with Crippen LogP contribution in [0.4, 0.5) is 0 Å². The van der Waals surface area contributed by atoms with Gasteiger partial charge >= 0.3 is 0 Å². The van der Waals surface area contributed by atoms with Crippen LogP contribution in [0.15, 0.2) is 18.2 Å². The van der Waals surface area contributed by atoms with Crippen LogP contribution in [-0.2, 0) is 12.8 Å². The minimum atomic E-state index is -0.280. The molecule has 0 saturated heterocycles. The highest BCUT2D eigenvalue weighted by molar-refractivity contribution is 5.34. The van der Waals surface area contributed by atoms with Crippen LogP contribution in [0.3, 0.4) is 0 Å². The summed E-state index contributed by atoms with van der Waals surface area (Å²) in [5, 5.41) is 10.2. The van der Waals surface area contributed by atoms with E-state index < -0.39 is 0 Å². The molecule has 0 aromatic heterocycles. The van der Waals surface area contributed by atoms with Crippen LogP contribution in [0.5, 0.6) is 0 Å². The molecule has 1 aromatic rings. The fourth-order valence-corrected chi connectivity index (χ4v) is 2.64. The summed E-state index contributed by atoms with van der Waals surface area (Å²) >= 11 is 0. The minimum absolute atomic E-state index is 0.280. The number of hydrogen-bond acceptors (Lipinski definition) is 1. The van der Waals surface area contributed by atoms with Crippen LogP contribution < -0.4 is 0 Å². The van der Waals surface area contributed by atoms with Crippen molar-refractivity contribution in [2.45, 2.75) is 58.5 Å². The zero-order valence-corrected chi connectivity index (χ0v) is 11.1. The van der Waals surface area contributed by atoms with Crippen molar-refractivity contribution < 1.29 is 5.11 Å². The van der Waals surface area contributed by atoms with Gasteiger partial charge in [0, 0.05) is 0 Å². The van der Waals surface area contributed by atoms with Crippen LogP contribution in [0.2, 0.25) is 0 Å². The summed E-state index contributed by atoms with van der Waals surface area (Å²) in [6.07, 6.45) is 6.78. The first-order valence-corrected chi connectivity index (χ1v) is 7.00. The number of aryl methyl sites for hydroxylation is 2. The summed E-state index contributed by atoms with van der Waals surface area (Å²) in [7, 11) is 0. The molecule has 0 amide bonds. The molecule has 1 aliphatic rings. The highest BCUT2D eigenvalue weighted by Crippen LogP contribution is 2.28. The average Bonchev–Trinajstić information content (AvgIpc) is 2.38. The topological polar surface area (TPSA) is 20.2 Å². The van der Waals surface area contributed by atoms with Crippen molar-refractivity contribution >= 4 is 0 Å². The van der Waals surface area contributed by atoms with Crippen LogP contribution in [0, 0.1) is 5.92 Å². The van der Waals surface area contributed by atoms with Gasteiger partial charge in [0.1, 0.15) is 0 Å². The molecule has 0 radical (unpaired) electrons. The molecule has 0 spiro atoms. The van der Waals surface area contributed by atoms with Gasteiger partial charge in [0.05, 0.1) is 6.10 Å². The number of hydrogen-bond donors (Lipinski definition) is 1. The predicted octanol–water partition coefficient (Wildman–Crippen LogP) is 4.04. The van der Waals surface area contributed by atoms with E-state index in [0.717, 1.165) is 18.4 Å². The van der Waals surface area contributed by atoms with Crippen molar-refractivity contribution in [1.29, 1.82) is 0 Å². The molecular weight excluding hydrogens is 208 g/mol. The lowest BCUT2D eigenvalue weighted by atomic mass is 9.88. The van der Waals surface area contributed by atoms with E-state index in [2.05, 4.69) is 32.0 Å². The maximum atomic E-state index is 10.2. The van der Waals surface area contributed by atoms with Crippen molar-refractivity contribution in [3.63, 3.8) is 0 Å². The Hall–Kier alpha value is -0.820. The van der Waals surface area contributed by atoms with E-state index in [1.165, 1.54) is 36.8 Å². The van der Waals surface area contributed by atoms with Gasteiger partial charge in [0.2, 0.25) is 0 Å². The first-order chi connectivity index (χ1) is 8.20. The van der Waals surface area contributed by atoms with Gasteiger partial charge in [-0.2, -0.15) is 0 Å². The standard InChI is InChI=1S/C16H24O/c1-3-12(2)10-16(17)15-9-8-13-6-4-5-7-14(13)11-15/h8-9,11-12,16-17H,3-7,10H2,1-2H3. The summed E-state index contributed by atoms with van der Waals surface area (Å²) in [6, 6.07) is 6.59. The zero-order valence-electron chi connectivity index (χ0n) is 11.1. The molecule has 2 atom stereocenters. The largest absolute Gasteiger partial charge is 0.388 e. The maximum Gasteiger partial charge on any atom is 0.0792 e. The first-order valence-electron chi connectivity index (χ1n) is 7.00. The summed E-state index contributed by atoms with van der Waals surface area (Å²) in [5.74, 6) is 0.598. The van der Waals surface area contributed by atoms with Crippen molar-refractivity contribution in [3.05, 3.63) is 34.9 Å². The van der Waals surface area contributed by atoms with E-state index in [1.54, 1.807) is 0 Å². The quantitative estimate of drug-likeness (QED) is 0.830. The first kappa shape index (κ1) is 12.6. The number of aliphatic hydroxyl groups is 1. The Morgan fingerprint density at radius 3 is 2.59 bits per heavy atom. The summed E-state index contributed by atoms with van der Waals surface area (Å²) in [6.45, 7) is 4.39. The number of fused-ring (bicyclic) bond motifs is 1. The van der Waals surface area contributed by atoms with E-state index >= 15 is 0 Å². The van der Waals surface area contributed by atoms with Gasteiger partial charge in [0.25, 0.3) is 0 Å². The number of benzene rings is 1. The molecule has 1 heteroatoms. The van der Waals surface area contributed by atoms with Gasteiger partial charge in [-0.3, -0.25) is 0 Å². The van der Waals surface area contributed by atoms with Crippen LogP contribution in [0.1, 0.15) is 62.3 Å². The fraction of sp³-hybridized carbons (Fsp3) is 0.625. The second-order valence-electron chi connectivity index (χ2n) is 5.50. The Bertz CT molecular complexity index is 370. The van der Waals surface area contributed by atoms with E-state index in [0.29, 0.717) is 5.92 Å². The molecule has 0 heterocycles. The molecular formula is C16H24O. The van der Waals surface area contributed by atoms with Gasteiger partial charge in [0.15, 0.2) is 0 Å². The average molecular weight is 232 g/mol. The van der Waals surface area contributed by atoms with E-state index in [9.17, 15) is 5.11 Å². The van der Waals surface area contributed by atoms with Crippen LogP contribution >= 0.6 is 0 Å². The molecule has 17 heavy (non-hydrogen) atoms. The van der Waals surface area contributed by atoms with Crippen molar-refractivity contribution in [3.8, 4) is 0 Å². The Morgan fingerprint density at radius 1 is 1.18 bits per heavy atom. The van der Waals surface area contributed by atoms with Gasteiger partial charge in [-0.05, 0) is 54.7 Å². The normalized spacial score (nSPS) is 18.5. The minimum Gasteiger partial charge on any atom is -0.388 e. The zero-order chi connectivity index (χ0) is 12.3. The lowest BCUT2D eigenvalue weighted by molar-refractivity contribution is 0.146. The van der Waals surface area contributed by atoms with Crippen LogP contribution in [-0.4, -0.2) is 5.11 Å². The fourth-order valence-electron chi connectivity index (χ4n) is 2.64. The van der Waals surface area contributed by atoms with Crippen molar-refractivity contribution in [1.82, 2.24) is 0 Å². The van der Waals surface area contributed by atoms with Gasteiger partial charge in [-0.25, -0.2) is 0 Å². The summed E-state index contributed by atoms with van der Waals surface area (Å²) in [5.41, 5.74) is 4.08. The van der Waals surface area contributed by atoms with E-state index in [4.69, 9.17) is 0 Å². The Kier molecular flexibility index (Phi) is 4.22. The summed E-state index contributed by atoms with van der Waals surface area (Å²) < 4.78 is 0. The molecule has 0 aliphatic heterocycles. The monoisotopic (exact) mass is 232 g/mol. The lowest BCUT2D eigenvalue weighted by Crippen LogP contribution is -2.07. The summed E-state index contributed by atoms with van der Waals surface area (Å²) in [4.78, 5) is 0. The molecule has 0 bridgehead atoms. The van der Waals surface area contributed by atoms with E-state index in [-0.39, 0.29) is 6.10 Å². The maximum absolute atomic E-state index is 10.2. The highest BCUT2D eigenvalue weighted by atomic mass is 16.3. The third kappa shape index (κ3) is 3.10. The SMILES string of the molecule is CCC(C)CC(O)c1ccc2c(c1)CCCC2. The van der Waals surface area contributed by atoms with Crippen molar-refractivity contribution in [2.24, 2.45) is 5.92 Å². The molecule has 1 aliphatic carbocycles. The molecule has 2 rings (SSSR count). The molecule has 1 nitrogen and oxygen atoms in total. The third-order valence-corrected chi connectivity index (χ3v) is 4.08. The third-order valence-electron chi connectivity index (χ3n) is 4.08. The Labute approximate surface area is 105 Å². The number of rotatable bonds is 4. The van der Waals surface area contributed by atoms with Crippen molar-refractivity contribution in [2.75, 3.05) is 0 Å². The molecule has 2 unspecified atom stereocenters. The lowest BCUT2D eigenvalue weighted by Gasteiger charge is -2.20. The van der Waals surface area contributed by atoms with E-state index in [1.807, 2.05) is 0 Å². The Morgan fingerprint density at radius 2 is 1.88 bits per heavy atom. The molecule has 0 saturated carbocycles. The predicted molar refractivity (Wildman–Crippen MR) is 72.1 cm³/mol. The van der Waals surface area contributed by atoms with Crippen LogP contribution in [0.25, 0.3) is 0 Å². The second kappa shape index (κ2) is 5.68. The second-order valence-corrected chi connectivity index (χ2v) is 5.50. The molecule has 1 aromatic carbocycles. The van der Waals surface area contributed by atoms with Gasteiger partial charge < -0.3 is 5.11 Å². The highest BCUT2D eigenvalue weighted by Gasteiger charge is 2.15. The number of aliphatic hydroxyl groups excluding tert-OH is 1. The molecule has 0 fully saturated rings. The molecule has 1 N–H and O–H groups in total. The smallest absolute Gasteiger partial charge is 0.0792 e. The Balaban J connectivity index is 2.10. The molecule has 94 valence electrons. The van der Waals surface area contributed by atoms with Gasteiger partial charge in [-0.1, -0.05) is 38.5 Å². The van der Waals surface area contributed by atoms with Gasteiger partial charge in [-0.15, -0.1) is 0 Å².